The van der Waals surface area contributed by atoms with Gasteiger partial charge in [-0.2, -0.15) is 0 Å². The highest BCUT2D eigenvalue weighted by atomic mass is 16.6. The van der Waals surface area contributed by atoms with Crippen molar-refractivity contribution in [3.63, 3.8) is 0 Å². The fourth-order valence-corrected chi connectivity index (χ4v) is 3.44. The molecule has 5 heteroatoms. The molecule has 0 saturated carbocycles. The number of phenolic OH excluding ortho intramolecular Hbond substituents is 1. The Hall–Kier alpha value is -3.47. The second kappa shape index (κ2) is 8.05. The molecule has 3 aromatic rings. The van der Waals surface area contributed by atoms with E-state index < -0.39 is 10.3 Å². The maximum Gasteiger partial charge on any atom is 0.270 e. The summed E-state index contributed by atoms with van der Waals surface area (Å²) in [6.07, 6.45) is 1.49. The highest BCUT2D eigenvalue weighted by Crippen LogP contribution is 2.45. The molecule has 3 aromatic carbocycles. The smallest absolute Gasteiger partial charge is 0.270 e. The molecule has 3 rings (SSSR count). The summed E-state index contributed by atoms with van der Waals surface area (Å²) in [6.45, 7) is 4.35. The number of benzene rings is 3. The molecule has 0 aliphatic carbocycles. The quantitative estimate of drug-likeness (QED) is 0.282. The summed E-state index contributed by atoms with van der Waals surface area (Å²) in [5.74, 6) is -0.00185. The summed E-state index contributed by atoms with van der Waals surface area (Å²) >= 11 is 0. The third-order valence-corrected chi connectivity index (χ3v) is 4.99. The molecule has 0 aromatic heterocycles. The van der Waals surface area contributed by atoms with E-state index in [9.17, 15) is 15.2 Å². The molecule has 0 radical (unpaired) electrons. The van der Waals surface area contributed by atoms with Gasteiger partial charge in [0.15, 0.2) is 0 Å². The molecule has 0 fully saturated rings. The standard InChI is InChI=1S/C23H22N2O3/c1-3-24-16-17-14-20(25(27)28)15-21(22(17)26)23(2,18-10-6-4-7-11-18)19-12-8-5-9-13-19/h4-16,26H,3H2,1-2H3. The summed E-state index contributed by atoms with van der Waals surface area (Å²) in [6, 6.07) is 22.2. The highest BCUT2D eigenvalue weighted by Gasteiger charge is 2.35. The lowest BCUT2D eigenvalue weighted by Crippen LogP contribution is -2.26. The largest absolute Gasteiger partial charge is 0.507 e. The molecule has 0 amide bonds. The third kappa shape index (κ3) is 3.51. The van der Waals surface area contributed by atoms with Gasteiger partial charge in [0.25, 0.3) is 5.69 Å². The predicted octanol–water partition coefficient (Wildman–Crippen LogP) is 5.09. The van der Waals surface area contributed by atoms with Crippen molar-refractivity contribution in [1.82, 2.24) is 0 Å². The number of hydrogen-bond acceptors (Lipinski definition) is 4. The maximum atomic E-state index is 11.6. The van der Waals surface area contributed by atoms with Crippen LogP contribution in [0.4, 0.5) is 5.69 Å². The molecule has 0 unspecified atom stereocenters. The molecular weight excluding hydrogens is 352 g/mol. The van der Waals surface area contributed by atoms with Gasteiger partial charge < -0.3 is 5.11 Å². The molecule has 0 bridgehead atoms. The van der Waals surface area contributed by atoms with Crippen molar-refractivity contribution < 1.29 is 10.0 Å². The van der Waals surface area contributed by atoms with Crippen LogP contribution < -0.4 is 0 Å². The van der Waals surface area contributed by atoms with Crippen LogP contribution in [-0.2, 0) is 5.41 Å². The van der Waals surface area contributed by atoms with Crippen LogP contribution in [0.1, 0.15) is 36.1 Å². The van der Waals surface area contributed by atoms with E-state index in [0.29, 0.717) is 17.7 Å². The number of non-ortho nitro benzene ring substituents is 1. The van der Waals surface area contributed by atoms with Crippen LogP contribution in [0, 0.1) is 10.1 Å². The van der Waals surface area contributed by atoms with Gasteiger partial charge in [0.05, 0.1) is 4.92 Å². The summed E-state index contributed by atoms with van der Waals surface area (Å²) in [7, 11) is 0. The van der Waals surface area contributed by atoms with Crippen LogP contribution in [0.25, 0.3) is 0 Å². The number of rotatable bonds is 6. The van der Waals surface area contributed by atoms with E-state index in [-0.39, 0.29) is 11.4 Å². The van der Waals surface area contributed by atoms with E-state index in [1.807, 2.05) is 74.5 Å². The molecule has 0 heterocycles. The van der Waals surface area contributed by atoms with E-state index in [2.05, 4.69) is 4.99 Å². The lowest BCUT2D eigenvalue weighted by atomic mass is 9.70. The van der Waals surface area contributed by atoms with Crippen LogP contribution >= 0.6 is 0 Å². The molecule has 0 saturated heterocycles. The first-order valence-electron chi connectivity index (χ1n) is 9.11. The maximum absolute atomic E-state index is 11.6. The Kier molecular flexibility index (Phi) is 5.54. The van der Waals surface area contributed by atoms with Crippen molar-refractivity contribution in [2.24, 2.45) is 4.99 Å². The number of hydrogen-bond donors (Lipinski definition) is 1. The zero-order valence-corrected chi connectivity index (χ0v) is 15.9. The normalized spacial score (nSPS) is 11.6. The van der Waals surface area contributed by atoms with Crippen LogP contribution in [0.2, 0.25) is 0 Å². The Bertz CT molecular complexity index is 960. The van der Waals surface area contributed by atoms with Crippen LogP contribution in [0.15, 0.2) is 77.8 Å². The van der Waals surface area contributed by atoms with Crippen molar-refractivity contribution in [2.45, 2.75) is 19.3 Å². The topological polar surface area (TPSA) is 75.7 Å². The number of nitrogens with zero attached hydrogens (tertiary/aromatic N) is 2. The van der Waals surface area contributed by atoms with Gasteiger partial charge in [-0.15, -0.1) is 0 Å². The summed E-state index contributed by atoms with van der Waals surface area (Å²) in [4.78, 5) is 15.3. The van der Waals surface area contributed by atoms with Crippen LogP contribution in [-0.4, -0.2) is 22.8 Å². The van der Waals surface area contributed by atoms with Gasteiger partial charge in [-0.05, 0) is 25.0 Å². The van der Waals surface area contributed by atoms with E-state index in [4.69, 9.17) is 0 Å². The van der Waals surface area contributed by atoms with E-state index in [1.54, 1.807) is 0 Å². The molecule has 0 atom stereocenters. The first-order chi connectivity index (χ1) is 13.5. The van der Waals surface area contributed by atoms with Gasteiger partial charge in [0.2, 0.25) is 0 Å². The molecule has 28 heavy (non-hydrogen) atoms. The molecular formula is C23H22N2O3. The first-order valence-corrected chi connectivity index (χ1v) is 9.11. The average Bonchev–Trinajstić information content (AvgIpc) is 2.73. The van der Waals surface area contributed by atoms with Crippen molar-refractivity contribution in [2.75, 3.05) is 6.54 Å². The number of nitro benzene ring substituents is 1. The number of phenols is 1. The Morgan fingerprint density at radius 1 is 1.04 bits per heavy atom. The Balaban J connectivity index is 2.36. The Morgan fingerprint density at radius 3 is 2.04 bits per heavy atom. The van der Waals surface area contributed by atoms with Gasteiger partial charge in [-0.1, -0.05) is 60.7 Å². The first kappa shape index (κ1) is 19.3. The molecule has 0 spiro atoms. The highest BCUT2D eigenvalue weighted by molar-refractivity contribution is 5.86. The molecule has 5 nitrogen and oxygen atoms in total. The number of nitro groups is 1. The minimum absolute atomic E-state index is 0.00185. The van der Waals surface area contributed by atoms with Gasteiger partial charge in [-0.3, -0.25) is 15.1 Å². The Morgan fingerprint density at radius 2 is 1.57 bits per heavy atom. The zero-order chi connectivity index (χ0) is 20.1. The Labute approximate surface area is 164 Å². The van der Waals surface area contributed by atoms with Crippen molar-refractivity contribution in [3.05, 3.63) is 105 Å². The van der Waals surface area contributed by atoms with Crippen molar-refractivity contribution in [1.29, 1.82) is 0 Å². The minimum atomic E-state index is -0.784. The van der Waals surface area contributed by atoms with E-state index >= 15 is 0 Å². The van der Waals surface area contributed by atoms with Gasteiger partial charge in [-0.25, -0.2) is 0 Å². The summed E-state index contributed by atoms with van der Waals surface area (Å²) < 4.78 is 0. The van der Waals surface area contributed by atoms with Gasteiger partial charge in [0.1, 0.15) is 5.75 Å². The minimum Gasteiger partial charge on any atom is -0.507 e. The molecule has 1 N–H and O–H groups in total. The monoisotopic (exact) mass is 374 g/mol. The van der Waals surface area contributed by atoms with Gasteiger partial charge in [0, 0.05) is 41.4 Å². The van der Waals surface area contributed by atoms with E-state index in [1.165, 1.54) is 18.3 Å². The second-order valence-corrected chi connectivity index (χ2v) is 6.67. The van der Waals surface area contributed by atoms with Crippen molar-refractivity contribution >= 4 is 11.9 Å². The van der Waals surface area contributed by atoms with Gasteiger partial charge >= 0.3 is 0 Å². The number of aromatic hydroxyl groups is 1. The summed E-state index contributed by atoms with van der Waals surface area (Å²) in [5.41, 5.74) is 1.79. The SMILES string of the molecule is CCN=Cc1cc([N+](=O)[O-])cc(C(C)(c2ccccc2)c2ccccc2)c1O. The summed E-state index contributed by atoms with van der Waals surface area (Å²) in [5, 5.41) is 22.6. The predicted molar refractivity (Wildman–Crippen MR) is 111 cm³/mol. The fraction of sp³-hybridized carbons (Fsp3) is 0.174. The number of aliphatic imine (C=N–C) groups is 1. The molecule has 0 aliphatic heterocycles. The second-order valence-electron chi connectivity index (χ2n) is 6.67. The fourth-order valence-electron chi connectivity index (χ4n) is 3.44. The van der Waals surface area contributed by atoms with E-state index in [0.717, 1.165) is 11.1 Å². The lowest BCUT2D eigenvalue weighted by molar-refractivity contribution is -0.385. The van der Waals surface area contributed by atoms with Crippen LogP contribution in [0.5, 0.6) is 5.75 Å². The third-order valence-electron chi connectivity index (χ3n) is 4.99. The zero-order valence-electron chi connectivity index (χ0n) is 15.9. The molecule has 0 aliphatic rings. The molecule has 142 valence electrons. The van der Waals surface area contributed by atoms with Crippen LogP contribution in [0.3, 0.4) is 0 Å². The van der Waals surface area contributed by atoms with Crippen molar-refractivity contribution in [3.8, 4) is 5.75 Å². The lowest BCUT2D eigenvalue weighted by Gasteiger charge is -2.32. The average molecular weight is 374 g/mol.